The van der Waals surface area contributed by atoms with Crippen LogP contribution in [0.1, 0.15) is 44.4 Å². The average Bonchev–Trinajstić information content (AvgIpc) is 2.59. The molecular formula is C21H23BrFNO3. The molecule has 0 radical (unpaired) electrons. The summed E-state index contributed by atoms with van der Waals surface area (Å²) in [5, 5.41) is 0. The summed E-state index contributed by atoms with van der Waals surface area (Å²) < 4.78 is 26.0. The maximum Gasteiger partial charge on any atom is 0.415 e. The van der Waals surface area contributed by atoms with Gasteiger partial charge in [-0.15, -0.1) is 0 Å². The van der Waals surface area contributed by atoms with Crippen molar-refractivity contribution in [2.75, 3.05) is 12.0 Å². The lowest BCUT2D eigenvalue weighted by Gasteiger charge is -2.38. The van der Waals surface area contributed by atoms with Gasteiger partial charge in [0.25, 0.3) is 0 Å². The molecule has 2 aromatic rings. The van der Waals surface area contributed by atoms with Gasteiger partial charge in [0.15, 0.2) is 0 Å². The number of carbonyl (C=O) groups is 1. The van der Waals surface area contributed by atoms with Crippen molar-refractivity contribution in [3.05, 3.63) is 57.8 Å². The van der Waals surface area contributed by atoms with E-state index in [-0.39, 0.29) is 11.9 Å². The van der Waals surface area contributed by atoms with Gasteiger partial charge in [-0.25, -0.2) is 9.18 Å². The van der Waals surface area contributed by atoms with Crippen LogP contribution >= 0.6 is 15.9 Å². The Morgan fingerprint density at radius 3 is 2.48 bits per heavy atom. The van der Waals surface area contributed by atoms with Gasteiger partial charge < -0.3 is 9.47 Å². The molecule has 0 aliphatic carbocycles. The van der Waals surface area contributed by atoms with Gasteiger partial charge >= 0.3 is 6.09 Å². The zero-order valence-corrected chi connectivity index (χ0v) is 17.5. The van der Waals surface area contributed by atoms with Crippen LogP contribution in [0.3, 0.4) is 0 Å². The fourth-order valence-corrected chi connectivity index (χ4v) is 3.73. The van der Waals surface area contributed by atoms with Crippen molar-refractivity contribution in [3.8, 4) is 5.75 Å². The average molecular weight is 436 g/mol. The number of hydrogen-bond donors (Lipinski definition) is 0. The monoisotopic (exact) mass is 435 g/mol. The third-order valence-electron chi connectivity index (χ3n) is 4.47. The number of rotatable bonds is 2. The van der Waals surface area contributed by atoms with Crippen molar-refractivity contribution in [2.45, 2.75) is 45.3 Å². The summed E-state index contributed by atoms with van der Waals surface area (Å²) in [7, 11) is 1.61. The molecule has 0 bridgehead atoms. The molecule has 1 heterocycles. The summed E-state index contributed by atoms with van der Waals surface area (Å²) in [5.74, 6) is 0.425. The first-order valence-electron chi connectivity index (χ1n) is 8.83. The highest BCUT2D eigenvalue weighted by atomic mass is 79.9. The second kappa shape index (κ2) is 7.50. The predicted octanol–water partition coefficient (Wildman–Crippen LogP) is 6.03. The zero-order valence-electron chi connectivity index (χ0n) is 15.9. The Morgan fingerprint density at radius 1 is 1.22 bits per heavy atom. The van der Waals surface area contributed by atoms with Crippen LogP contribution in [-0.4, -0.2) is 18.8 Å². The molecule has 0 saturated carbocycles. The predicted molar refractivity (Wildman–Crippen MR) is 107 cm³/mol. The van der Waals surface area contributed by atoms with Gasteiger partial charge in [0.2, 0.25) is 0 Å². The van der Waals surface area contributed by atoms with E-state index in [1.807, 2.05) is 45.0 Å². The normalized spacial score (nSPS) is 16.7. The van der Waals surface area contributed by atoms with Crippen molar-refractivity contribution in [1.29, 1.82) is 0 Å². The highest BCUT2D eigenvalue weighted by Gasteiger charge is 2.36. The Kier molecular flexibility index (Phi) is 5.47. The number of hydrogen-bond acceptors (Lipinski definition) is 3. The number of amides is 1. The van der Waals surface area contributed by atoms with E-state index in [4.69, 9.17) is 9.47 Å². The minimum atomic E-state index is -0.649. The molecule has 1 aliphatic heterocycles. The molecule has 144 valence electrons. The Balaban J connectivity index is 2.07. The van der Waals surface area contributed by atoms with Crippen LogP contribution < -0.4 is 9.64 Å². The SMILES string of the molecule is COc1ccc(C2CCc3c(F)cc(Br)cc3N2C(=O)OC(C)(C)C)cc1. The van der Waals surface area contributed by atoms with E-state index in [0.29, 0.717) is 28.6 Å². The molecule has 0 fully saturated rings. The molecule has 1 aliphatic rings. The Morgan fingerprint density at radius 2 is 1.89 bits per heavy atom. The van der Waals surface area contributed by atoms with E-state index in [2.05, 4.69) is 15.9 Å². The number of anilines is 1. The molecule has 4 nitrogen and oxygen atoms in total. The van der Waals surface area contributed by atoms with Crippen molar-refractivity contribution < 1.29 is 18.7 Å². The summed E-state index contributed by atoms with van der Waals surface area (Å²) in [5.41, 5.74) is 1.38. The van der Waals surface area contributed by atoms with E-state index in [1.54, 1.807) is 18.1 Å². The van der Waals surface area contributed by atoms with Crippen molar-refractivity contribution >= 4 is 27.7 Å². The quantitative estimate of drug-likeness (QED) is 0.578. The van der Waals surface area contributed by atoms with E-state index in [0.717, 1.165) is 11.3 Å². The van der Waals surface area contributed by atoms with Gasteiger partial charge in [0, 0.05) is 10.0 Å². The zero-order chi connectivity index (χ0) is 19.8. The van der Waals surface area contributed by atoms with E-state index in [9.17, 15) is 9.18 Å². The number of fused-ring (bicyclic) bond motifs is 1. The molecule has 6 heteroatoms. The minimum absolute atomic E-state index is 0.244. The molecule has 1 amide bonds. The second-order valence-corrected chi connectivity index (χ2v) is 8.48. The third kappa shape index (κ3) is 4.26. The fraction of sp³-hybridized carbons (Fsp3) is 0.381. The summed E-state index contributed by atoms with van der Waals surface area (Å²) in [6.45, 7) is 5.46. The number of benzene rings is 2. The topological polar surface area (TPSA) is 38.8 Å². The lowest BCUT2D eigenvalue weighted by molar-refractivity contribution is 0.0559. The van der Waals surface area contributed by atoms with Gasteiger partial charge in [0.1, 0.15) is 17.2 Å². The highest BCUT2D eigenvalue weighted by Crippen LogP contribution is 2.42. The molecule has 0 saturated heterocycles. The van der Waals surface area contributed by atoms with Crippen LogP contribution in [0.4, 0.5) is 14.9 Å². The fourth-order valence-electron chi connectivity index (χ4n) is 3.31. The van der Waals surface area contributed by atoms with Crippen LogP contribution in [0.25, 0.3) is 0 Å². The molecule has 1 unspecified atom stereocenters. The van der Waals surface area contributed by atoms with Gasteiger partial charge in [0.05, 0.1) is 18.8 Å². The lowest BCUT2D eigenvalue weighted by atomic mass is 9.91. The first-order chi connectivity index (χ1) is 12.7. The van der Waals surface area contributed by atoms with Crippen molar-refractivity contribution in [1.82, 2.24) is 0 Å². The minimum Gasteiger partial charge on any atom is -0.497 e. The van der Waals surface area contributed by atoms with Gasteiger partial charge in [-0.2, -0.15) is 0 Å². The number of ether oxygens (including phenoxy) is 2. The highest BCUT2D eigenvalue weighted by molar-refractivity contribution is 9.10. The maximum atomic E-state index is 14.5. The molecule has 0 N–H and O–H groups in total. The maximum absolute atomic E-state index is 14.5. The van der Waals surface area contributed by atoms with Crippen LogP contribution in [-0.2, 0) is 11.2 Å². The van der Waals surface area contributed by atoms with Crippen molar-refractivity contribution in [3.63, 3.8) is 0 Å². The molecule has 0 aromatic heterocycles. The standard InChI is InChI=1S/C21H23BrFNO3/c1-21(2,3)27-20(25)24-18(13-5-7-15(26-4)8-6-13)10-9-16-17(23)11-14(22)12-19(16)24/h5-8,11-12,18H,9-10H2,1-4H3. The summed E-state index contributed by atoms with van der Waals surface area (Å²) in [4.78, 5) is 14.6. The number of nitrogens with zero attached hydrogens (tertiary/aromatic N) is 1. The Bertz CT molecular complexity index is 846. The van der Waals surface area contributed by atoms with Crippen LogP contribution in [0.15, 0.2) is 40.9 Å². The van der Waals surface area contributed by atoms with Crippen LogP contribution in [0, 0.1) is 5.82 Å². The summed E-state index contributed by atoms with van der Waals surface area (Å²) in [6.07, 6.45) is 0.670. The molecule has 1 atom stereocenters. The Hall–Kier alpha value is -2.08. The van der Waals surface area contributed by atoms with Gasteiger partial charge in [-0.1, -0.05) is 28.1 Å². The van der Waals surface area contributed by atoms with Crippen LogP contribution in [0.2, 0.25) is 0 Å². The van der Waals surface area contributed by atoms with Gasteiger partial charge in [-0.05, 0) is 63.4 Å². The summed E-state index contributed by atoms with van der Waals surface area (Å²) >= 11 is 3.34. The molecule has 27 heavy (non-hydrogen) atoms. The molecule has 0 spiro atoms. The van der Waals surface area contributed by atoms with E-state index in [1.165, 1.54) is 6.07 Å². The van der Waals surface area contributed by atoms with Crippen LogP contribution in [0.5, 0.6) is 5.75 Å². The summed E-state index contributed by atoms with van der Waals surface area (Å²) in [6, 6.07) is 10.5. The third-order valence-corrected chi connectivity index (χ3v) is 4.92. The van der Waals surface area contributed by atoms with Crippen molar-refractivity contribution in [2.24, 2.45) is 0 Å². The van der Waals surface area contributed by atoms with E-state index < -0.39 is 11.7 Å². The number of methoxy groups -OCH3 is 1. The first kappa shape index (κ1) is 19.7. The van der Waals surface area contributed by atoms with E-state index >= 15 is 0 Å². The molecule has 3 rings (SSSR count). The molecular weight excluding hydrogens is 413 g/mol. The Labute approximate surface area is 167 Å². The smallest absolute Gasteiger partial charge is 0.415 e. The molecule has 2 aromatic carbocycles. The number of carbonyl (C=O) groups excluding carboxylic acids is 1. The lowest BCUT2D eigenvalue weighted by Crippen LogP contribution is -2.42. The first-order valence-corrected chi connectivity index (χ1v) is 9.63. The number of halogens is 2. The van der Waals surface area contributed by atoms with Gasteiger partial charge in [-0.3, -0.25) is 4.90 Å². The second-order valence-electron chi connectivity index (χ2n) is 7.56. The largest absolute Gasteiger partial charge is 0.497 e.